The van der Waals surface area contributed by atoms with Gasteiger partial charge in [-0.15, -0.1) is 0 Å². The maximum Gasteiger partial charge on any atom is 0.502 e. The lowest BCUT2D eigenvalue weighted by molar-refractivity contribution is -0.137. The number of esters is 1. The van der Waals surface area contributed by atoms with Crippen LogP contribution in [0.3, 0.4) is 0 Å². The third kappa shape index (κ3) is 6.76. The number of phenolic OH excluding ortho intramolecular Hbond substituents is 1. The Morgan fingerprint density at radius 2 is 1.50 bits per heavy atom. The van der Waals surface area contributed by atoms with Crippen molar-refractivity contribution in [3.8, 4) is 16.9 Å². The third-order valence-electron chi connectivity index (χ3n) is 6.32. The number of phenols is 1. The van der Waals surface area contributed by atoms with Crippen LogP contribution in [0.15, 0.2) is 84.9 Å². The normalized spacial score (nSPS) is 12.0. The van der Waals surface area contributed by atoms with E-state index in [9.17, 15) is 32.7 Å². The Morgan fingerprint density at radius 3 is 2.08 bits per heavy atom. The molecule has 0 spiro atoms. The number of benzene rings is 4. The van der Waals surface area contributed by atoms with Crippen LogP contribution in [0.5, 0.6) is 5.75 Å². The second kappa shape index (κ2) is 11.9. The van der Waals surface area contributed by atoms with Crippen molar-refractivity contribution >= 4 is 28.6 Å². The molecule has 4 N–H and O–H groups in total. The Kier molecular flexibility index (Phi) is 8.37. The molecule has 4 aromatic carbocycles. The highest BCUT2D eigenvalue weighted by Crippen LogP contribution is 2.31. The summed E-state index contributed by atoms with van der Waals surface area (Å²) < 4.78 is 43.3. The van der Waals surface area contributed by atoms with E-state index in [1.165, 1.54) is 31.4 Å². The predicted octanol–water partition coefficient (Wildman–Crippen LogP) is 4.84. The first-order valence-corrected chi connectivity index (χ1v) is 12.2. The number of nitrogens with one attached hydrogen (secondary N) is 2. The Morgan fingerprint density at radius 1 is 0.925 bits per heavy atom. The molecule has 1 unspecified atom stereocenters. The molecule has 4 aromatic rings. The van der Waals surface area contributed by atoms with Gasteiger partial charge >= 0.3 is 12.1 Å². The summed E-state index contributed by atoms with van der Waals surface area (Å²) in [5.74, 6) is -1.96. The molecule has 0 radical (unpaired) electrons. The molecule has 40 heavy (non-hydrogen) atoms. The van der Waals surface area contributed by atoms with Crippen LogP contribution in [0, 0.1) is 0 Å². The number of aromatic hydroxyl groups is 1. The van der Waals surface area contributed by atoms with Crippen LogP contribution in [-0.4, -0.2) is 47.4 Å². The molecule has 0 aromatic heterocycles. The summed E-state index contributed by atoms with van der Waals surface area (Å²) in [4.78, 5) is 35.7. The summed E-state index contributed by atoms with van der Waals surface area (Å²) in [6, 6.07) is 20.6. The van der Waals surface area contributed by atoms with E-state index in [1.807, 2.05) is 0 Å². The van der Waals surface area contributed by atoms with Gasteiger partial charge in [-0.3, -0.25) is 9.59 Å². The van der Waals surface area contributed by atoms with Crippen molar-refractivity contribution in [1.29, 1.82) is 0 Å². The van der Waals surface area contributed by atoms with Gasteiger partial charge in [0.1, 0.15) is 11.8 Å². The lowest BCUT2D eigenvalue weighted by atomic mass is 9.99. The molecule has 0 fully saturated rings. The lowest BCUT2D eigenvalue weighted by Crippen LogP contribution is -2.49. The van der Waals surface area contributed by atoms with E-state index in [2.05, 4.69) is 15.4 Å². The van der Waals surface area contributed by atoms with Crippen LogP contribution in [0.1, 0.15) is 21.5 Å². The van der Waals surface area contributed by atoms with Crippen molar-refractivity contribution in [2.75, 3.05) is 13.7 Å². The van der Waals surface area contributed by atoms with Crippen molar-refractivity contribution in [3.63, 3.8) is 0 Å². The SMILES string of the molecule is COC(=[OH+])CNC(=O)C(Cc1ccc(-c2ccc(C(F)(F)F)cc2)cc1)NC(=O)c1cc2ccccc2cc1O. The van der Waals surface area contributed by atoms with Gasteiger partial charge in [0.05, 0.1) is 11.1 Å². The summed E-state index contributed by atoms with van der Waals surface area (Å²) in [5, 5.41) is 17.1. The fraction of sp³-hybridized carbons (Fsp3) is 0.167. The van der Waals surface area contributed by atoms with Crippen molar-refractivity contribution in [2.24, 2.45) is 0 Å². The van der Waals surface area contributed by atoms with E-state index in [4.69, 9.17) is 0 Å². The van der Waals surface area contributed by atoms with Gasteiger partial charge in [-0.25, -0.2) is 0 Å². The second-order valence-electron chi connectivity index (χ2n) is 9.03. The fourth-order valence-corrected chi connectivity index (χ4v) is 4.13. The molecule has 0 saturated heterocycles. The van der Waals surface area contributed by atoms with Gasteiger partial charge in [0.2, 0.25) is 5.91 Å². The number of methoxy groups -OCH3 is 1. The Balaban J connectivity index is 1.54. The average Bonchev–Trinajstić information content (AvgIpc) is 2.94. The molecule has 2 amide bonds. The lowest BCUT2D eigenvalue weighted by Gasteiger charge is -2.19. The van der Waals surface area contributed by atoms with E-state index >= 15 is 0 Å². The number of halogens is 3. The van der Waals surface area contributed by atoms with Crippen LogP contribution >= 0.6 is 0 Å². The van der Waals surface area contributed by atoms with E-state index in [0.29, 0.717) is 16.7 Å². The highest BCUT2D eigenvalue weighted by molar-refractivity contribution is 6.03. The van der Waals surface area contributed by atoms with Crippen LogP contribution in [0.2, 0.25) is 0 Å². The van der Waals surface area contributed by atoms with Crippen LogP contribution in [-0.2, 0) is 22.1 Å². The summed E-state index contributed by atoms with van der Waals surface area (Å²) in [5.41, 5.74) is 1.15. The average molecular weight is 552 g/mol. The molecule has 0 saturated carbocycles. The molecule has 4 rings (SSSR count). The number of carbonyl (C=O) groups excluding carboxylic acids is 3. The summed E-state index contributed by atoms with van der Waals surface area (Å²) in [6.45, 7) is -0.296. The predicted molar refractivity (Wildman–Crippen MR) is 144 cm³/mol. The van der Waals surface area contributed by atoms with Gasteiger partial charge in [0, 0.05) is 6.42 Å². The van der Waals surface area contributed by atoms with Crippen LogP contribution in [0.4, 0.5) is 13.2 Å². The molecule has 1 atom stereocenters. The molecule has 10 heteroatoms. The number of carbonyl (C=O) groups is 2. The topological polar surface area (TPSA) is 109 Å². The number of hydrogen-bond acceptors (Lipinski definition) is 4. The summed E-state index contributed by atoms with van der Waals surface area (Å²) in [7, 11) is 1.24. The van der Waals surface area contributed by atoms with Crippen LogP contribution in [0.25, 0.3) is 21.9 Å². The first-order chi connectivity index (χ1) is 19.0. The van der Waals surface area contributed by atoms with E-state index in [1.54, 1.807) is 48.5 Å². The quantitative estimate of drug-likeness (QED) is 0.215. The van der Waals surface area contributed by atoms with E-state index in [0.717, 1.165) is 22.9 Å². The number of hydrogen-bond donors (Lipinski definition) is 3. The van der Waals surface area contributed by atoms with Crippen molar-refractivity contribution < 1.29 is 37.4 Å². The Bertz CT molecular complexity index is 1530. The van der Waals surface area contributed by atoms with Gasteiger partial charge in [-0.2, -0.15) is 13.2 Å². The summed E-state index contributed by atoms with van der Waals surface area (Å²) in [6.07, 6.45) is -4.38. The van der Waals surface area contributed by atoms with Gasteiger partial charge in [0.15, 0.2) is 13.7 Å². The number of fused-ring (bicyclic) bond motifs is 1. The monoisotopic (exact) mass is 551 g/mol. The Labute approximate surface area is 227 Å². The second-order valence-corrected chi connectivity index (χ2v) is 9.03. The molecule has 0 aliphatic rings. The van der Waals surface area contributed by atoms with Gasteiger partial charge < -0.3 is 25.3 Å². The van der Waals surface area contributed by atoms with E-state index < -0.39 is 35.6 Å². The smallest absolute Gasteiger partial charge is 0.502 e. The number of ether oxygens (including phenoxy) is 1. The van der Waals surface area contributed by atoms with Crippen molar-refractivity contribution in [1.82, 2.24) is 10.6 Å². The third-order valence-corrected chi connectivity index (χ3v) is 6.32. The number of rotatable bonds is 8. The fourth-order valence-electron chi connectivity index (χ4n) is 4.13. The first-order valence-electron chi connectivity index (χ1n) is 12.2. The molecule has 0 heterocycles. The minimum Gasteiger partial charge on any atom is -0.507 e. The van der Waals surface area contributed by atoms with Crippen molar-refractivity contribution in [2.45, 2.75) is 18.6 Å². The van der Waals surface area contributed by atoms with Crippen LogP contribution < -0.4 is 10.6 Å². The minimum absolute atomic E-state index is 0.0135. The standard InChI is InChI=1S/C30H25F3N2O5/c1-40-27(37)17-34-29(39)25(35-28(38)24-15-21-4-2-3-5-22(21)16-26(24)36)14-18-6-8-19(9-7-18)20-10-12-23(13-11-20)30(31,32)33/h2-13,15-16,25,36H,14,17H2,1H3,(H,34,39)(H,35,38)/p+1. The minimum atomic E-state index is -4.43. The summed E-state index contributed by atoms with van der Waals surface area (Å²) >= 11 is 0. The van der Waals surface area contributed by atoms with Gasteiger partial charge in [0.25, 0.3) is 5.91 Å². The molecular formula is C30H26F3N2O5+. The van der Waals surface area contributed by atoms with Crippen molar-refractivity contribution in [3.05, 3.63) is 102 Å². The van der Waals surface area contributed by atoms with Gasteiger partial charge in [-0.05, 0) is 51.7 Å². The van der Waals surface area contributed by atoms with Gasteiger partial charge in [-0.1, -0.05) is 60.7 Å². The maximum atomic E-state index is 13.1. The first kappa shape index (κ1) is 28.2. The molecule has 0 bridgehead atoms. The Hall–Kier alpha value is -4.86. The van der Waals surface area contributed by atoms with E-state index in [-0.39, 0.29) is 24.3 Å². The molecule has 7 nitrogen and oxygen atoms in total. The highest BCUT2D eigenvalue weighted by atomic mass is 19.4. The molecular weight excluding hydrogens is 525 g/mol. The maximum absolute atomic E-state index is 13.1. The largest absolute Gasteiger partial charge is 0.507 e. The molecule has 0 aliphatic carbocycles. The number of amides is 2. The molecule has 0 aliphatic heterocycles. The number of alkyl halides is 3. The zero-order chi connectivity index (χ0) is 28.9. The highest BCUT2D eigenvalue weighted by Gasteiger charge is 2.30. The zero-order valence-corrected chi connectivity index (χ0v) is 21.3. The molecule has 206 valence electrons. The zero-order valence-electron chi connectivity index (χ0n) is 21.3.